The smallest absolute Gasteiger partial charge is 0.279 e. The number of aliphatic hydroxyl groups is 1. The SMILES string of the molecule is CCNS(=O)(=O)N(C)Cc1cc(C#CCO)cs1. The largest absolute Gasteiger partial charge is 0.384 e. The highest BCUT2D eigenvalue weighted by Gasteiger charge is 2.16. The number of thiophene rings is 1. The Hall–Kier alpha value is -0.910. The monoisotopic (exact) mass is 288 g/mol. The standard InChI is InChI=1S/C11H16N2O3S2/c1-3-12-18(15,16)13(2)8-11-7-10(9-17-11)5-4-6-14/h7,9,12,14H,3,6,8H2,1-2H3. The highest BCUT2D eigenvalue weighted by Crippen LogP contribution is 2.16. The maximum atomic E-state index is 11.7. The summed E-state index contributed by atoms with van der Waals surface area (Å²) in [5.74, 6) is 5.33. The van der Waals surface area contributed by atoms with Crippen molar-refractivity contribution in [3.8, 4) is 11.8 Å². The van der Waals surface area contributed by atoms with Crippen LogP contribution in [0, 0.1) is 11.8 Å². The van der Waals surface area contributed by atoms with Gasteiger partial charge in [0.25, 0.3) is 10.2 Å². The summed E-state index contributed by atoms with van der Waals surface area (Å²) in [4.78, 5) is 0.904. The van der Waals surface area contributed by atoms with Crippen LogP contribution in [0.4, 0.5) is 0 Å². The van der Waals surface area contributed by atoms with Gasteiger partial charge < -0.3 is 5.11 Å². The quantitative estimate of drug-likeness (QED) is 0.770. The number of rotatable bonds is 5. The van der Waals surface area contributed by atoms with Gasteiger partial charge in [0.05, 0.1) is 0 Å². The maximum Gasteiger partial charge on any atom is 0.279 e. The van der Waals surface area contributed by atoms with Crippen molar-refractivity contribution in [1.82, 2.24) is 9.03 Å². The van der Waals surface area contributed by atoms with Crippen LogP contribution in [0.25, 0.3) is 0 Å². The third-order valence-electron chi connectivity index (χ3n) is 2.08. The van der Waals surface area contributed by atoms with Crippen LogP contribution in [0.1, 0.15) is 17.4 Å². The van der Waals surface area contributed by atoms with Crippen molar-refractivity contribution >= 4 is 21.5 Å². The fourth-order valence-corrected chi connectivity index (χ4v) is 3.11. The molecule has 0 aliphatic carbocycles. The molecule has 0 aromatic carbocycles. The molecule has 1 rings (SSSR count). The minimum absolute atomic E-state index is 0.181. The van der Waals surface area contributed by atoms with Crippen LogP contribution >= 0.6 is 11.3 Å². The molecular weight excluding hydrogens is 272 g/mol. The van der Waals surface area contributed by atoms with Crippen LogP contribution in [0.2, 0.25) is 0 Å². The van der Waals surface area contributed by atoms with Crippen LogP contribution in [0.5, 0.6) is 0 Å². The molecule has 0 saturated heterocycles. The molecule has 0 unspecified atom stereocenters. The first-order chi connectivity index (χ1) is 8.49. The fourth-order valence-electron chi connectivity index (χ4n) is 1.27. The van der Waals surface area contributed by atoms with Gasteiger partial charge in [0, 0.05) is 36.0 Å². The van der Waals surface area contributed by atoms with E-state index >= 15 is 0 Å². The molecule has 0 amide bonds. The highest BCUT2D eigenvalue weighted by atomic mass is 32.2. The first kappa shape index (κ1) is 15.1. The molecule has 5 nitrogen and oxygen atoms in total. The molecule has 100 valence electrons. The first-order valence-corrected chi connectivity index (χ1v) is 7.69. The molecule has 0 aliphatic rings. The zero-order valence-electron chi connectivity index (χ0n) is 10.3. The first-order valence-electron chi connectivity index (χ1n) is 5.37. The summed E-state index contributed by atoms with van der Waals surface area (Å²) in [6, 6.07) is 1.82. The van der Waals surface area contributed by atoms with Crippen LogP contribution in [-0.2, 0) is 16.8 Å². The van der Waals surface area contributed by atoms with Crippen molar-refractivity contribution in [1.29, 1.82) is 0 Å². The molecule has 0 saturated carbocycles. The Bertz CT molecular complexity index is 540. The summed E-state index contributed by atoms with van der Waals surface area (Å²) < 4.78 is 27.0. The average Bonchev–Trinajstić information content (AvgIpc) is 2.74. The molecule has 2 N–H and O–H groups in total. The van der Waals surface area contributed by atoms with E-state index in [0.717, 1.165) is 10.4 Å². The Morgan fingerprint density at radius 2 is 2.28 bits per heavy atom. The summed E-state index contributed by atoms with van der Waals surface area (Å²) >= 11 is 1.44. The molecule has 0 aliphatic heterocycles. The van der Waals surface area contributed by atoms with E-state index < -0.39 is 10.2 Å². The molecule has 0 radical (unpaired) electrons. The second kappa shape index (κ2) is 6.87. The van der Waals surface area contributed by atoms with Gasteiger partial charge in [-0.2, -0.15) is 12.7 Å². The van der Waals surface area contributed by atoms with E-state index in [4.69, 9.17) is 5.11 Å². The second-order valence-electron chi connectivity index (χ2n) is 3.52. The van der Waals surface area contributed by atoms with E-state index in [1.54, 1.807) is 6.92 Å². The van der Waals surface area contributed by atoms with Gasteiger partial charge >= 0.3 is 0 Å². The molecule has 0 spiro atoms. The molecule has 1 aromatic heterocycles. The van der Waals surface area contributed by atoms with E-state index in [1.165, 1.54) is 22.7 Å². The van der Waals surface area contributed by atoms with E-state index in [0.29, 0.717) is 13.1 Å². The lowest BCUT2D eigenvalue weighted by molar-refractivity contribution is 0.350. The van der Waals surface area contributed by atoms with Gasteiger partial charge in [0.2, 0.25) is 0 Å². The van der Waals surface area contributed by atoms with E-state index in [-0.39, 0.29) is 6.61 Å². The van der Waals surface area contributed by atoms with Crippen LogP contribution in [-0.4, -0.2) is 38.0 Å². The number of nitrogens with one attached hydrogen (secondary N) is 1. The molecule has 7 heteroatoms. The Morgan fingerprint density at radius 1 is 1.56 bits per heavy atom. The predicted molar refractivity (Wildman–Crippen MR) is 72.3 cm³/mol. The number of aliphatic hydroxyl groups excluding tert-OH is 1. The zero-order valence-corrected chi connectivity index (χ0v) is 11.9. The number of nitrogens with zero attached hydrogens (tertiary/aromatic N) is 1. The molecular formula is C11H16N2O3S2. The molecule has 18 heavy (non-hydrogen) atoms. The van der Waals surface area contributed by atoms with Crippen molar-refractivity contribution in [3.63, 3.8) is 0 Å². The lowest BCUT2D eigenvalue weighted by Crippen LogP contribution is -2.37. The topological polar surface area (TPSA) is 69.6 Å². The number of hydrogen-bond donors (Lipinski definition) is 2. The Kier molecular flexibility index (Phi) is 5.78. The van der Waals surface area contributed by atoms with Gasteiger partial charge in [-0.25, -0.2) is 4.72 Å². The van der Waals surface area contributed by atoms with Gasteiger partial charge in [-0.15, -0.1) is 11.3 Å². The summed E-state index contributed by atoms with van der Waals surface area (Å²) in [6.07, 6.45) is 0. The number of hydrogen-bond acceptors (Lipinski definition) is 4. The second-order valence-corrected chi connectivity index (χ2v) is 6.38. The molecule has 1 heterocycles. The Balaban J connectivity index is 2.71. The van der Waals surface area contributed by atoms with Crippen molar-refractivity contribution < 1.29 is 13.5 Å². The lowest BCUT2D eigenvalue weighted by Gasteiger charge is -2.15. The third kappa shape index (κ3) is 4.40. The van der Waals surface area contributed by atoms with Crippen molar-refractivity contribution in [2.45, 2.75) is 13.5 Å². The van der Waals surface area contributed by atoms with Gasteiger partial charge in [0.15, 0.2) is 0 Å². The molecule has 0 bridgehead atoms. The fraction of sp³-hybridized carbons (Fsp3) is 0.455. The highest BCUT2D eigenvalue weighted by molar-refractivity contribution is 7.87. The third-order valence-corrected chi connectivity index (χ3v) is 4.61. The maximum absolute atomic E-state index is 11.7. The van der Waals surface area contributed by atoms with Crippen molar-refractivity contribution in [2.75, 3.05) is 20.2 Å². The van der Waals surface area contributed by atoms with Gasteiger partial charge in [0.1, 0.15) is 6.61 Å². The minimum Gasteiger partial charge on any atom is -0.384 e. The minimum atomic E-state index is -3.40. The molecule has 1 aromatic rings. The van der Waals surface area contributed by atoms with Gasteiger partial charge in [-0.05, 0) is 6.07 Å². The van der Waals surface area contributed by atoms with Crippen LogP contribution < -0.4 is 4.72 Å². The van der Waals surface area contributed by atoms with Crippen LogP contribution in [0.15, 0.2) is 11.4 Å². The Morgan fingerprint density at radius 3 is 2.89 bits per heavy atom. The Labute approximate surface area is 112 Å². The molecule has 0 fully saturated rings. The predicted octanol–water partition coefficient (Wildman–Crippen LogP) is 0.378. The van der Waals surface area contributed by atoms with E-state index in [2.05, 4.69) is 16.6 Å². The molecule has 0 atom stereocenters. The summed E-state index contributed by atoms with van der Waals surface area (Å²) in [5.41, 5.74) is 0.790. The van der Waals surface area contributed by atoms with E-state index in [9.17, 15) is 8.42 Å². The van der Waals surface area contributed by atoms with E-state index in [1.807, 2.05) is 11.4 Å². The van der Waals surface area contributed by atoms with Crippen molar-refractivity contribution in [3.05, 3.63) is 21.9 Å². The zero-order chi connectivity index (χ0) is 13.6. The lowest BCUT2D eigenvalue weighted by atomic mass is 10.3. The van der Waals surface area contributed by atoms with Crippen LogP contribution in [0.3, 0.4) is 0 Å². The van der Waals surface area contributed by atoms with Crippen molar-refractivity contribution in [2.24, 2.45) is 0 Å². The summed E-state index contributed by atoms with van der Waals surface area (Å²) in [7, 11) is -1.88. The average molecular weight is 288 g/mol. The van der Waals surface area contributed by atoms with Gasteiger partial charge in [-0.1, -0.05) is 18.8 Å². The van der Waals surface area contributed by atoms with Gasteiger partial charge in [-0.3, -0.25) is 0 Å². The summed E-state index contributed by atoms with van der Waals surface area (Å²) in [6.45, 7) is 2.23. The summed E-state index contributed by atoms with van der Waals surface area (Å²) in [5, 5.41) is 10.4. The normalized spacial score (nSPS) is 11.3.